The van der Waals surface area contributed by atoms with Gasteiger partial charge in [0.25, 0.3) is 0 Å². The predicted molar refractivity (Wildman–Crippen MR) is 110 cm³/mol. The summed E-state index contributed by atoms with van der Waals surface area (Å²) in [4.78, 5) is 10.9. The van der Waals surface area contributed by atoms with Crippen molar-refractivity contribution in [2.75, 3.05) is 25.7 Å². The minimum absolute atomic E-state index is 0.171. The zero-order valence-electron chi connectivity index (χ0n) is 17.5. The second-order valence-corrected chi connectivity index (χ2v) is 7.90. The van der Waals surface area contributed by atoms with Crippen LogP contribution in [0.4, 0.5) is 5.69 Å². The minimum Gasteiger partial charge on any atom is -0.398 e. The number of aliphatic hydroxyl groups is 1. The molecule has 1 aromatic carbocycles. The summed E-state index contributed by atoms with van der Waals surface area (Å²) in [6, 6.07) is 5.68. The highest BCUT2D eigenvalue weighted by Gasteiger charge is 2.30. The molecule has 0 aliphatic carbocycles. The highest BCUT2D eigenvalue weighted by molar-refractivity contribution is 7.84. The lowest BCUT2D eigenvalue weighted by Gasteiger charge is -2.25. The van der Waals surface area contributed by atoms with Crippen molar-refractivity contribution < 1.29 is 27.2 Å². The van der Waals surface area contributed by atoms with Gasteiger partial charge in [0.15, 0.2) is 0 Å². The first-order valence-electron chi connectivity index (χ1n) is 9.34. The molecular weight excluding hydrogens is 384 g/mol. The maximum absolute atomic E-state index is 11.9. The number of unbranched alkanes of at least 4 members (excludes halogenated alkanes) is 1. The molecule has 9 heteroatoms. The number of anilines is 1. The van der Waals surface area contributed by atoms with E-state index in [2.05, 4.69) is 4.18 Å². The number of nitrogens with two attached hydrogens (primary N) is 1. The third-order valence-corrected chi connectivity index (χ3v) is 5.54. The zero-order chi connectivity index (χ0) is 21.7. The van der Waals surface area contributed by atoms with E-state index in [4.69, 9.17) is 15.6 Å². The highest BCUT2D eigenvalue weighted by Crippen LogP contribution is 2.14. The number of carbonyl (C=O) groups excluding carboxylic acids is 1. The average molecular weight is 419 g/mol. The van der Waals surface area contributed by atoms with Crippen LogP contribution < -0.4 is 5.73 Å². The second kappa shape index (κ2) is 13.5. The van der Waals surface area contributed by atoms with Gasteiger partial charge < -0.3 is 19.8 Å². The summed E-state index contributed by atoms with van der Waals surface area (Å²) < 4.78 is 34.2. The Morgan fingerprint density at radius 3 is 2.25 bits per heavy atom. The number of aliphatic hydroxyl groups excluding tert-OH is 1. The Hall–Kier alpha value is -1.68. The number of ether oxygens (including phenoxy) is 1. The second-order valence-electron chi connectivity index (χ2n) is 6.41. The van der Waals surface area contributed by atoms with Crippen molar-refractivity contribution in [2.45, 2.75) is 59.9 Å². The molecule has 0 aliphatic heterocycles. The molecule has 0 saturated carbocycles. The van der Waals surface area contributed by atoms with Gasteiger partial charge in [0.05, 0.1) is 0 Å². The molecule has 0 aromatic heterocycles. The van der Waals surface area contributed by atoms with Crippen molar-refractivity contribution in [3.63, 3.8) is 0 Å². The monoisotopic (exact) mass is 418 g/mol. The molecule has 0 radical (unpaired) electrons. The molecule has 0 saturated heterocycles. The lowest BCUT2D eigenvalue weighted by Crippen LogP contribution is -2.42. The Morgan fingerprint density at radius 2 is 1.82 bits per heavy atom. The Kier molecular flexibility index (Phi) is 12.7. The molecule has 3 N–H and O–H groups in total. The molecule has 0 heterocycles. The highest BCUT2D eigenvalue weighted by atomic mass is 32.2. The van der Waals surface area contributed by atoms with E-state index >= 15 is 0 Å². The first-order chi connectivity index (χ1) is 13.1. The Labute approximate surface area is 168 Å². The summed E-state index contributed by atoms with van der Waals surface area (Å²) in [5, 5.41) is 8.53. The van der Waals surface area contributed by atoms with E-state index in [1.807, 2.05) is 45.9 Å². The van der Waals surface area contributed by atoms with Gasteiger partial charge in [0.1, 0.15) is 13.3 Å². The van der Waals surface area contributed by atoms with Crippen molar-refractivity contribution in [3.05, 3.63) is 29.3 Å². The summed E-state index contributed by atoms with van der Waals surface area (Å²) in [5.41, 5.74) is 8.92. The number of nitrogens with zero attached hydrogens (tertiary/aromatic N) is 1. The van der Waals surface area contributed by atoms with Gasteiger partial charge >= 0.3 is 16.3 Å². The van der Waals surface area contributed by atoms with Gasteiger partial charge in [-0.15, -0.1) is 4.31 Å². The fourth-order valence-corrected chi connectivity index (χ4v) is 3.21. The van der Waals surface area contributed by atoms with E-state index in [-0.39, 0.29) is 12.8 Å². The summed E-state index contributed by atoms with van der Waals surface area (Å²) in [6.45, 7) is 8.81. The first-order valence-corrected chi connectivity index (χ1v) is 10.7. The lowest BCUT2D eigenvalue weighted by molar-refractivity contribution is -0.137. The van der Waals surface area contributed by atoms with E-state index in [1.54, 1.807) is 6.92 Å². The number of benzene rings is 1. The van der Waals surface area contributed by atoms with Crippen LogP contribution in [0.5, 0.6) is 0 Å². The van der Waals surface area contributed by atoms with E-state index in [0.29, 0.717) is 13.0 Å². The van der Waals surface area contributed by atoms with Crippen LogP contribution in [0.3, 0.4) is 0 Å². The van der Waals surface area contributed by atoms with Crippen LogP contribution >= 0.6 is 0 Å². The fraction of sp³-hybridized carbons (Fsp3) is 0.632. The van der Waals surface area contributed by atoms with Crippen molar-refractivity contribution >= 4 is 22.0 Å². The van der Waals surface area contributed by atoms with Gasteiger partial charge in [-0.1, -0.05) is 38.5 Å². The first kappa shape index (κ1) is 26.3. The van der Waals surface area contributed by atoms with Crippen LogP contribution in [0.1, 0.15) is 51.2 Å². The minimum atomic E-state index is -4.23. The molecule has 1 aromatic rings. The standard InChI is InChI=1S/C11H23NO6S.C8H11N/c1-4-6-7-17-9-12(10(3)5-2)19(15,16)18-11(14)8-13;1-6-4-3-5-7(2)8(6)9/h10,13H,4-9H2,1-3H3;3-5H,9H2,1-2H3. The van der Waals surface area contributed by atoms with Crippen LogP contribution in [0, 0.1) is 13.8 Å². The zero-order valence-corrected chi connectivity index (χ0v) is 18.3. The number of hydrogen-bond donors (Lipinski definition) is 2. The van der Waals surface area contributed by atoms with Crippen LogP contribution in [-0.2, 0) is 24.0 Å². The molecule has 1 unspecified atom stereocenters. The molecule has 0 bridgehead atoms. The Morgan fingerprint density at radius 1 is 1.25 bits per heavy atom. The normalized spacial score (nSPS) is 12.2. The maximum atomic E-state index is 11.9. The number of aryl methyl sites for hydroxylation is 2. The number of para-hydroxylation sites is 1. The van der Waals surface area contributed by atoms with E-state index in [0.717, 1.165) is 34.0 Å². The fourth-order valence-electron chi connectivity index (χ4n) is 2.04. The average Bonchev–Trinajstić information content (AvgIpc) is 2.65. The Balaban J connectivity index is 0.000000668. The lowest BCUT2D eigenvalue weighted by atomic mass is 10.1. The molecule has 28 heavy (non-hydrogen) atoms. The van der Waals surface area contributed by atoms with Crippen molar-refractivity contribution in [1.29, 1.82) is 0 Å². The summed E-state index contributed by atoms with van der Waals surface area (Å²) in [5.74, 6) is -1.21. The number of nitrogen functional groups attached to an aromatic ring is 1. The van der Waals surface area contributed by atoms with E-state index in [1.165, 1.54) is 0 Å². The summed E-state index contributed by atoms with van der Waals surface area (Å²) in [7, 11) is -4.23. The van der Waals surface area contributed by atoms with Crippen LogP contribution in [0.25, 0.3) is 0 Å². The van der Waals surface area contributed by atoms with Gasteiger partial charge in [0.2, 0.25) is 0 Å². The van der Waals surface area contributed by atoms with Crippen molar-refractivity contribution in [3.8, 4) is 0 Å². The molecule has 0 aliphatic rings. The third kappa shape index (κ3) is 9.50. The number of rotatable bonds is 10. The summed E-state index contributed by atoms with van der Waals surface area (Å²) >= 11 is 0. The van der Waals surface area contributed by atoms with Gasteiger partial charge in [-0.05, 0) is 44.7 Å². The molecule has 8 nitrogen and oxygen atoms in total. The topological polar surface area (TPSA) is 119 Å². The third-order valence-electron chi connectivity index (χ3n) is 4.10. The molecule has 162 valence electrons. The molecule has 1 atom stereocenters. The molecule has 0 fully saturated rings. The van der Waals surface area contributed by atoms with Crippen LogP contribution in [0.15, 0.2) is 18.2 Å². The largest absolute Gasteiger partial charge is 0.398 e. The molecule has 0 spiro atoms. The predicted octanol–water partition coefficient (Wildman–Crippen LogP) is 2.53. The quantitative estimate of drug-likeness (QED) is 0.340. The molecule has 0 amide bonds. The molecule has 1 rings (SSSR count). The van der Waals surface area contributed by atoms with Crippen LogP contribution in [0.2, 0.25) is 0 Å². The van der Waals surface area contributed by atoms with Crippen molar-refractivity contribution in [1.82, 2.24) is 4.31 Å². The number of hydrogen-bond acceptors (Lipinski definition) is 7. The Bertz CT molecular complexity index is 673. The summed E-state index contributed by atoms with van der Waals surface area (Å²) in [6.07, 6.45) is 2.31. The smallest absolute Gasteiger partial charge is 0.389 e. The van der Waals surface area contributed by atoms with E-state index < -0.39 is 22.9 Å². The van der Waals surface area contributed by atoms with Gasteiger partial charge in [-0.2, -0.15) is 8.42 Å². The van der Waals surface area contributed by atoms with Gasteiger partial charge in [-0.25, -0.2) is 4.79 Å². The maximum Gasteiger partial charge on any atom is 0.389 e. The number of carbonyl (C=O) groups is 1. The van der Waals surface area contributed by atoms with E-state index in [9.17, 15) is 13.2 Å². The van der Waals surface area contributed by atoms with Gasteiger partial charge in [0, 0.05) is 18.3 Å². The molecular formula is C19H34N2O6S. The SMILES string of the molecule is CCCCOCN(C(C)CC)S(=O)(=O)OC(=O)CO.Cc1cccc(C)c1N. The van der Waals surface area contributed by atoms with Crippen LogP contribution in [-0.4, -0.2) is 49.8 Å². The van der Waals surface area contributed by atoms with Crippen molar-refractivity contribution in [2.24, 2.45) is 0 Å². The van der Waals surface area contributed by atoms with Gasteiger partial charge in [-0.3, -0.25) is 0 Å².